The maximum atomic E-state index is 12.8. The lowest BCUT2D eigenvalue weighted by Gasteiger charge is -2.38. The number of fused-ring (bicyclic) bond motifs is 1. The first-order valence-corrected chi connectivity index (χ1v) is 9.50. The number of nitrogens with one attached hydrogen (secondary N) is 1. The minimum absolute atomic E-state index is 0.00352. The van der Waals surface area contributed by atoms with Gasteiger partial charge in [0.1, 0.15) is 11.3 Å². The zero-order chi connectivity index (χ0) is 16.3. The van der Waals surface area contributed by atoms with Gasteiger partial charge in [-0.05, 0) is 67.4 Å². The molecule has 0 aromatic carbocycles. The zero-order valence-corrected chi connectivity index (χ0v) is 14.4. The Hall–Kier alpha value is -1.55. The Balaban J connectivity index is 1.35. The number of amides is 1. The Morgan fingerprint density at radius 3 is 2.79 bits per heavy atom. The predicted octanol–water partition coefficient (Wildman–Crippen LogP) is 3.63. The van der Waals surface area contributed by atoms with Gasteiger partial charge in [0.2, 0.25) is 0 Å². The van der Waals surface area contributed by atoms with Crippen molar-refractivity contribution in [2.24, 2.45) is 23.2 Å². The first kappa shape index (κ1) is 14.8. The monoisotopic (exact) mass is 343 g/mol. The number of hydrogen-bond acceptors (Lipinski definition) is 2. The summed E-state index contributed by atoms with van der Waals surface area (Å²) >= 11 is 5.88. The average Bonchev–Trinajstić information content (AvgIpc) is 3.20. The minimum atomic E-state index is -0.00352. The Labute approximate surface area is 146 Å². The Kier molecular flexibility index (Phi) is 3.21. The van der Waals surface area contributed by atoms with Gasteiger partial charge in [0.25, 0.3) is 5.91 Å². The quantitative estimate of drug-likeness (QED) is 0.862. The summed E-state index contributed by atoms with van der Waals surface area (Å²) in [5.74, 6) is 3.14. The van der Waals surface area contributed by atoms with Crippen LogP contribution in [0.15, 0.2) is 24.4 Å². The molecule has 4 aliphatic carbocycles. The Bertz CT molecular complexity index is 795. The van der Waals surface area contributed by atoms with E-state index in [0.29, 0.717) is 17.0 Å². The van der Waals surface area contributed by atoms with Crippen LogP contribution in [0.1, 0.15) is 48.3 Å². The fourth-order valence-electron chi connectivity index (χ4n) is 5.86. The van der Waals surface area contributed by atoms with E-state index in [1.54, 1.807) is 0 Å². The van der Waals surface area contributed by atoms with Crippen molar-refractivity contribution in [2.45, 2.75) is 38.0 Å². The number of imidazole rings is 1. The molecule has 2 atom stereocenters. The first-order chi connectivity index (χ1) is 11.7. The number of hydrogen-bond donors (Lipinski definition) is 1. The van der Waals surface area contributed by atoms with Gasteiger partial charge in [-0.2, -0.15) is 0 Å². The Morgan fingerprint density at radius 2 is 2.08 bits per heavy atom. The van der Waals surface area contributed by atoms with Crippen molar-refractivity contribution in [1.82, 2.24) is 14.7 Å². The molecular weight excluding hydrogens is 322 g/mol. The van der Waals surface area contributed by atoms with E-state index in [1.165, 1.54) is 32.1 Å². The van der Waals surface area contributed by atoms with Crippen LogP contribution in [0.5, 0.6) is 0 Å². The summed E-state index contributed by atoms with van der Waals surface area (Å²) in [4.78, 5) is 17.2. The third-order valence-corrected chi connectivity index (χ3v) is 6.86. The SMILES string of the molecule is O=C(NCC12CC3CC(C1)C(C3)C2)c1cccc2nc(CCl)cn12. The van der Waals surface area contributed by atoms with Crippen molar-refractivity contribution in [1.29, 1.82) is 0 Å². The number of aromatic nitrogens is 2. The molecule has 2 aromatic rings. The van der Waals surface area contributed by atoms with Crippen molar-refractivity contribution >= 4 is 23.2 Å². The molecule has 1 amide bonds. The van der Waals surface area contributed by atoms with Gasteiger partial charge in [0, 0.05) is 12.7 Å². The van der Waals surface area contributed by atoms with Crippen LogP contribution in [0.4, 0.5) is 0 Å². The second-order valence-electron chi connectivity index (χ2n) is 8.16. The van der Waals surface area contributed by atoms with Crippen molar-refractivity contribution in [2.75, 3.05) is 6.54 Å². The van der Waals surface area contributed by atoms with Crippen LogP contribution < -0.4 is 5.32 Å². The molecule has 0 radical (unpaired) electrons. The Morgan fingerprint density at radius 1 is 1.29 bits per heavy atom. The van der Waals surface area contributed by atoms with Crippen LogP contribution in [0.2, 0.25) is 0 Å². The van der Waals surface area contributed by atoms with E-state index in [9.17, 15) is 4.79 Å². The molecule has 4 aliphatic rings. The van der Waals surface area contributed by atoms with Crippen molar-refractivity contribution in [3.8, 4) is 0 Å². The predicted molar refractivity (Wildman–Crippen MR) is 93.1 cm³/mol. The summed E-state index contributed by atoms with van der Waals surface area (Å²) < 4.78 is 1.85. The maximum absolute atomic E-state index is 12.8. The highest BCUT2D eigenvalue weighted by Gasteiger charge is 2.55. The van der Waals surface area contributed by atoms with Gasteiger partial charge >= 0.3 is 0 Å². The minimum Gasteiger partial charge on any atom is -0.350 e. The average molecular weight is 344 g/mol. The van der Waals surface area contributed by atoms with Gasteiger partial charge in [-0.3, -0.25) is 9.20 Å². The molecule has 126 valence electrons. The maximum Gasteiger partial charge on any atom is 0.268 e. The van der Waals surface area contributed by atoms with Crippen molar-refractivity contribution in [3.63, 3.8) is 0 Å². The third kappa shape index (κ3) is 2.19. The fraction of sp³-hybridized carbons (Fsp3) is 0.579. The summed E-state index contributed by atoms with van der Waals surface area (Å²) in [6, 6.07) is 5.65. The second kappa shape index (κ2) is 5.22. The van der Waals surface area contributed by atoms with Gasteiger partial charge < -0.3 is 5.32 Å². The molecule has 1 N–H and O–H groups in total. The van der Waals surface area contributed by atoms with E-state index in [1.807, 2.05) is 28.8 Å². The van der Waals surface area contributed by atoms with E-state index >= 15 is 0 Å². The fourth-order valence-corrected chi connectivity index (χ4v) is 5.99. The highest BCUT2D eigenvalue weighted by molar-refractivity contribution is 6.16. The van der Waals surface area contributed by atoms with Crippen LogP contribution in [0.3, 0.4) is 0 Å². The number of carbonyl (C=O) groups is 1. The number of nitrogens with zero attached hydrogens (tertiary/aromatic N) is 2. The second-order valence-corrected chi connectivity index (χ2v) is 8.42. The van der Waals surface area contributed by atoms with Gasteiger partial charge in [0.15, 0.2) is 0 Å². The highest BCUT2D eigenvalue weighted by atomic mass is 35.5. The number of carbonyl (C=O) groups excluding carboxylic acids is 1. The highest BCUT2D eigenvalue weighted by Crippen LogP contribution is 2.63. The molecule has 2 unspecified atom stereocenters. The number of pyridine rings is 1. The van der Waals surface area contributed by atoms with E-state index in [0.717, 1.165) is 35.6 Å². The standard InChI is InChI=1S/C19H22ClN3O/c20-9-15-10-23-16(2-1-3-17(23)22-15)18(24)21-11-19-6-12-4-13(7-19)14(5-12)8-19/h1-3,10,12-14H,4-9,11H2,(H,21,24). The molecule has 4 saturated carbocycles. The first-order valence-electron chi connectivity index (χ1n) is 8.97. The topological polar surface area (TPSA) is 46.4 Å². The molecule has 24 heavy (non-hydrogen) atoms. The summed E-state index contributed by atoms with van der Waals surface area (Å²) in [5.41, 5.74) is 2.58. The lowest BCUT2D eigenvalue weighted by molar-refractivity contribution is 0.0878. The van der Waals surface area contributed by atoms with E-state index in [4.69, 9.17) is 11.6 Å². The third-order valence-electron chi connectivity index (χ3n) is 6.59. The smallest absolute Gasteiger partial charge is 0.268 e. The summed E-state index contributed by atoms with van der Waals surface area (Å²) in [7, 11) is 0. The molecule has 0 spiro atoms. The van der Waals surface area contributed by atoms with Crippen LogP contribution in [-0.2, 0) is 5.88 Å². The lowest BCUT2D eigenvalue weighted by Crippen LogP contribution is -2.40. The lowest BCUT2D eigenvalue weighted by atomic mass is 9.69. The molecule has 0 aliphatic heterocycles. The molecule has 0 saturated heterocycles. The van der Waals surface area contributed by atoms with Gasteiger partial charge in [-0.1, -0.05) is 6.07 Å². The van der Waals surface area contributed by atoms with E-state index < -0.39 is 0 Å². The zero-order valence-electron chi connectivity index (χ0n) is 13.7. The van der Waals surface area contributed by atoms with Crippen LogP contribution in [-0.4, -0.2) is 21.8 Å². The largest absolute Gasteiger partial charge is 0.350 e. The summed E-state index contributed by atoms with van der Waals surface area (Å²) in [5, 5.41) is 3.23. The van der Waals surface area contributed by atoms with Gasteiger partial charge in [-0.15, -0.1) is 11.6 Å². The summed E-state index contributed by atoms with van der Waals surface area (Å²) in [6.07, 6.45) is 8.69. The van der Waals surface area contributed by atoms with E-state index in [-0.39, 0.29) is 5.91 Å². The molecule has 4 fully saturated rings. The van der Waals surface area contributed by atoms with Crippen LogP contribution in [0, 0.1) is 23.2 Å². The number of rotatable bonds is 4. The molecule has 4 bridgehead atoms. The molecule has 4 nitrogen and oxygen atoms in total. The molecule has 2 heterocycles. The molecule has 6 rings (SSSR count). The normalized spacial score (nSPS) is 33.5. The van der Waals surface area contributed by atoms with Crippen LogP contribution in [0.25, 0.3) is 5.65 Å². The van der Waals surface area contributed by atoms with Gasteiger partial charge in [-0.25, -0.2) is 4.98 Å². The van der Waals surface area contributed by atoms with Crippen LogP contribution >= 0.6 is 11.6 Å². The van der Waals surface area contributed by atoms with Gasteiger partial charge in [0.05, 0.1) is 11.6 Å². The molecular formula is C19H22ClN3O. The molecule has 5 heteroatoms. The molecule has 2 aromatic heterocycles. The van der Waals surface area contributed by atoms with E-state index in [2.05, 4.69) is 10.3 Å². The van der Waals surface area contributed by atoms with Crippen molar-refractivity contribution < 1.29 is 4.79 Å². The summed E-state index contributed by atoms with van der Waals surface area (Å²) in [6.45, 7) is 0.822. The number of alkyl halides is 1. The van der Waals surface area contributed by atoms with Crippen molar-refractivity contribution in [3.05, 3.63) is 35.8 Å². The number of halogens is 1.